The zero-order chi connectivity index (χ0) is 12.7. The summed E-state index contributed by atoms with van der Waals surface area (Å²) in [5.74, 6) is -0.334. The summed E-state index contributed by atoms with van der Waals surface area (Å²) in [5.41, 5.74) is -1.05. The van der Waals surface area contributed by atoms with Gasteiger partial charge in [-0.25, -0.2) is 4.79 Å². The van der Waals surface area contributed by atoms with Crippen molar-refractivity contribution in [1.82, 2.24) is 0 Å². The summed E-state index contributed by atoms with van der Waals surface area (Å²) in [6.07, 6.45) is 1.19. The number of esters is 1. The lowest BCUT2D eigenvalue weighted by molar-refractivity contribution is -0.157. The molecule has 0 saturated carbocycles. The molecule has 96 valence electrons. The molecule has 0 aliphatic carbocycles. The smallest absolute Gasteiger partial charge is 0.334 e. The van der Waals surface area contributed by atoms with Crippen molar-refractivity contribution in [2.75, 3.05) is 13.2 Å². The van der Waals surface area contributed by atoms with Crippen LogP contribution in [0.4, 0.5) is 0 Å². The molecule has 0 amide bonds. The highest BCUT2D eigenvalue weighted by atomic mass is 16.6. The molecule has 2 heterocycles. The lowest BCUT2D eigenvalue weighted by atomic mass is 9.79. The first-order chi connectivity index (χ1) is 7.94. The maximum absolute atomic E-state index is 11.3. The fourth-order valence-electron chi connectivity index (χ4n) is 2.58. The average molecular weight is 242 g/mol. The van der Waals surface area contributed by atoms with E-state index in [1.807, 2.05) is 13.8 Å². The van der Waals surface area contributed by atoms with Gasteiger partial charge in [0, 0.05) is 5.92 Å². The van der Waals surface area contributed by atoms with Gasteiger partial charge in [0.2, 0.25) is 0 Å². The second-order valence-electron chi connectivity index (χ2n) is 4.98. The van der Waals surface area contributed by atoms with Crippen LogP contribution in [-0.2, 0) is 19.0 Å². The maximum atomic E-state index is 11.3. The molecule has 0 aromatic rings. The highest BCUT2D eigenvalue weighted by Gasteiger charge is 2.65. The molecule has 2 saturated heterocycles. The molecule has 0 aromatic heterocycles. The van der Waals surface area contributed by atoms with E-state index in [2.05, 4.69) is 6.92 Å². The van der Waals surface area contributed by atoms with Crippen LogP contribution < -0.4 is 0 Å². The molecule has 0 aromatic carbocycles. The lowest BCUT2D eigenvalue weighted by Crippen LogP contribution is -2.52. The number of fused-ring (bicyclic) bond motifs is 1. The minimum Gasteiger partial charge on any atom is -0.515 e. The van der Waals surface area contributed by atoms with Gasteiger partial charge in [0.05, 0.1) is 25.6 Å². The maximum Gasteiger partial charge on any atom is 0.334 e. The van der Waals surface area contributed by atoms with Crippen molar-refractivity contribution in [3.63, 3.8) is 0 Å². The minimum absolute atomic E-state index is 0.254. The number of hydrogen-bond donors (Lipinski definition) is 1. The second kappa shape index (κ2) is 3.99. The van der Waals surface area contributed by atoms with Crippen LogP contribution in [0, 0.1) is 5.92 Å². The van der Waals surface area contributed by atoms with Gasteiger partial charge in [-0.2, -0.15) is 0 Å². The topological polar surface area (TPSA) is 65.0 Å². The van der Waals surface area contributed by atoms with Gasteiger partial charge in [0.15, 0.2) is 6.10 Å². The van der Waals surface area contributed by atoms with E-state index in [1.54, 1.807) is 0 Å². The molecule has 0 radical (unpaired) electrons. The summed E-state index contributed by atoms with van der Waals surface area (Å²) in [5, 5.41) is 8.51. The van der Waals surface area contributed by atoms with Crippen LogP contribution in [0.15, 0.2) is 12.3 Å². The van der Waals surface area contributed by atoms with E-state index in [4.69, 9.17) is 19.3 Å². The molecule has 0 spiro atoms. The lowest BCUT2D eigenvalue weighted by Gasteiger charge is -2.35. The molecule has 0 unspecified atom stereocenters. The fourth-order valence-corrected chi connectivity index (χ4v) is 2.58. The summed E-state index contributed by atoms with van der Waals surface area (Å²) in [7, 11) is 0. The Bertz CT molecular complexity index is 353. The predicted molar refractivity (Wildman–Crippen MR) is 59.5 cm³/mol. The Hall–Kier alpha value is -1.07. The first-order valence-corrected chi connectivity index (χ1v) is 5.73. The number of carbonyl (C=O) groups is 1. The van der Waals surface area contributed by atoms with Crippen LogP contribution in [0.1, 0.15) is 20.8 Å². The monoisotopic (exact) mass is 242 g/mol. The molecule has 4 atom stereocenters. The van der Waals surface area contributed by atoms with E-state index < -0.39 is 23.3 Å². The number of hydrogen-bond acceptors (Lipinski definition) is 5. The Kier molecular flexibility index (Phi) is 2.91. The first-order valence-electron chi connectivity index (χ1n) is 5.73. The van der Waals surface area contributed by atoms with E-state index in [9.17, 15) is 4.79 Å². The third-order valence-electron chi connectivity index (χ3n) is 4.18. The van der Waals surface area contributed by atoms with E-state index in [0.29, 0.717) is 19.5 Å². The number of carbonyl (C=O) groups excluding carboxylic acids is 1. The summed E-state index contributed by atoms with van der Waals surface area (Å²) >= 11 is 0. The van der Waals surface area contributed by atoms with Crippen molar-refractivity contribution in [3.05, 3.63) is 12.3 Å². The Morgan fingerprint density at radius 2 is 2.00 bits per heavy atom. The van der Waals surface area contributed by atoms with Crippen LogP contribution in [0.3, 0.4) is 0 Å². The van der Waals surface area contributed by atoms with Gasteiger partial charge < -0.3 is 19.3 Å². The molecule has 2 rings (SSSR count). The highest BCUT2D eigenvalue weighted by Crippen LogP contribution is 2.49. The van der Waals surface area contributed by atoms with Crippen molar-refractivity contribution in [2.24, 2.45) is 5.92 Å². The molecule has 0 bridgehead atoms. The normalized spacial score (nSPS) is 45.1. The van der Waals surface area contributed by atoms with Crippen LogP contribution >= 0.6 is 0 Å². The number of aliphatic hydroxyl groups is 1. The summed E-state index contributed by atoms with van der Waals surface area (Å²) < 4.78 is 16.8. The Morgan fingerprint density at radius 1 is 1.35 bits per heavy atom. The third kappa shape index (κ3) is 1.65. The van der Waals surface area contributed by atoms with Gasteiger partial charge in [0.1, 0.15) is 11.2 Å². The van der Waals surface area contributed by atoms with Crippen molar-refractivity contribution >= 4 is 5.97 Å². The van der Waals surface area contributed by atoms with Crippen molar-refractivity contribution in [2.45, 2.75) is 38.1 Å². The first kappa shape index (κ1) is 12.4. The molecule has 5 nitrogen and oxygen atoms in total. The third-order valence-corrected chi connectivity index (χ3v) is 4.18. The highest BCUT2D eigenvalue weighted by molar-refractivity contribution is 5.81. The van der Waals surface area contributed by atoms with Crippen LogP contribution in [0.5, 0.6) is 0 Å². The zero-order valence-corrected chi connectivity index (χ0v) is 10.3. The van der Waals surface area contributed by atoms with Crippen LogP contribution in [-0.4, -0.2) is 41.6 Å². The molecule has 2 aliphatic rings. The predicted octanol–water partition coefficient (Wildman–Crippen LogP) is 1.18. The summed E-state index contributed by atoms with van der Waals surface area (Å²) in [6, 6.07) is 0. The van der Waals surface area contributed by atoms with Gasteiger partial charge in [-0.05, 0) is 13.8 Å². The van der Waals surface area contributed by atoms with Gasteiger partial charge in [0.25, 0.3) is 0 Å². The van der Waals surface area contributed by atoms with E-state index >= 15 is 0 Å². The van der Waals surface area contributed by atoms with Gasteiger partial charge >= 0.3 is 5.97 Å². The van der Waals surface area contributed by atoms with E-state index in [1.165, 1.54) is 0 Å². The van der Waals surface area contributed by atoms with Gasteiger partial charge in [-0.3, -0.25) is 0 Å². The molecule has 2 fully saturated rings. The Morgan fingerprint density at radius 3 is 2.65 bits per heavy atom. The second-order valence-corrected chi connectivity index (χ2v) is 4.98. The van der Waals surface area contributed by atoms with E-state index in [0.717, 1.165) is 6.08 Å². The van der Waals surface area contributed by atoms with Gasteiger partial charge in [-0.1, -0.05) is 6.92 Å². The number of aliphatic hydroxyl groups excluding tert-OH is 1. The largest absolute Gasteiger partial charge is 0.515 e. The molecular formula is C12H18O5. The zero-order valence-electron chi connectivity index (χ0n) is 10.3. The molecular weight excluding hydrogens is 224 g/mol. The quantitative estimate of drug-likeness (QED) is 0.447. The molecule has 17 heavy (non-hydrogen) atoms. The molecule has 5 heteroatoms. The number of rotatable bonds is 2. The average Bonchev–Trinajstić information content (AvgIpc) is 2.64. The number of ether oxygens (including phenoxy) is 3. The van der Waals surface area contributed by atoms with Crippen molar-refractivity contribution < 1.29 is 24.1 Å². The Labute approximate surface area is 100 Å². The van der Waals surface area contributed by atoms with Crippen LogP contribution in [0.25, 0.3) is 0 Å². The summed E-state index contributed by atoms with van der Waals surface area (Å²) in [4.78, 5) is 11.3. The molecule has 1 N–H and O–H groups in total. The van der Waals surface area contributed by atoms with Crippen LogP contribution in [0.2, 0.25) is 0 Å². The molecule has 2 aliphatic heterocycles. The standard InChI is InChI=1S/C12H18O5/c1-8-6-15-12(3)9(7-16-11(8,12)2)17-10(14)4-5-13/h4-5,8-9,13H,6-7H2,1-3H3/b5-4-/t8-,9+,11-,12-/m1/s1. The SMILES string of the molecule is C[C@@H]1CO[C@]2(C)[C@@H](OC(=O)/C=C\O)CO[C@]12C. The Balaban J connectivity index is 2.15. The summed E-state index contributed by atoms with van der Waals surface area (Å²) in [6.45, 7) is 6.87. The minimum atomic E-state index is -0.620. The van der Waals surface area contributed by atoms with Crippen molar-refractivity contribution in [1.29, 1.82) is 0 Å². The fraction of sp³-hybridized carbons (Fsp3) is 0.750. The van der Waals surface area contributed by atoms with E-state index in [-0.39, 0.29) is 5.92 Å². The van der Waals surface area contributed by atoms with Gasteiger partial charge in [-0.15, -0.1) is 0 Å². The van der Waals surface area contributed by atoms with Crippen molar-refractivity contribution in [3.8, 4) is 0 Å².